The number of carbonyl (C=O) groups is 1. The maximum Gasteiger partial charge on any atom is 0.252 e. The van der Waals surface area contributed by atoms with E-state index in [1.807, 2.05) is 0 Å². The normalized spacial score (nSPS) is 12.6. The van der Waals surface area contributed by atoms with Crippen LogP contribution in [0, 0.1) is 0 Å². The van der Waals surface area contributed by atoms with Gasteiger partial charge in [0.1, 0.15) is 0 Å². The first-order valence-electron chi connectivity index (χ1n) is 12.0. The van der Waals surface area contributed by atoms with Gasteiger partial charge in [-0.2, -0.15) is 4.31 Å². The van der Waals surface area contributed by atoms with Crippen molar-refractivity contribution in [3.05, 3.63) is 87.7 Å². The Bertz CT molecular complexity index is 1730. The number of aromatic amines is 1. The van der Waals surface area contributed by atoms with Gasteiger partial charge in [0.05, 0.1) is 24.6 Å². The van der Waals surface area contributed by atoms with Crippen LogP contribution in [0.4, 0.5) is 0 Å². The van der Waals surface area contributed by atoms with Crippen molar-refractivity contribution in [3.63, 3.8) is 0 Å². The van der Waals surface area contributed by atoms with Crippen molar-refractivity contribution in [2.45, 2.75) is 24.9 Å². The lowest BCUT2D eigenvalue weighted by molar-refractivity contribution is 0.101. The summed E-state index contributed by atoms with van der Waals surface area (Å²) in [5.74, 6) is 1.84. The first kappa shape index (κ1) is 26.3. The highest BCUT2D eigenvalue weighted by molar-refractivity contribution is 7.89. The molecule has 0 bridgehead atoms. The van der Waals surface area contributed by atoms with Gasteiger partial charge < -0.3 is 23.9 Å². The monoisotopic (exact) mass is 550 g/mol. The summed E-state index contributed by atoms with van der Waals surface area (Å²) in [7, 11) is -1.09. The van der Waals surface area contributed by atoms with E-state index in [4.69, 9.17) is 18.9 Å². The van der Waals surface area contributed by atoms with E-state index in [1.54, 1.807) is 36.4 Å². The van der Waals surface area contributed by atoms with Crippen LogP contribution in [0.1, 0.15) is 28.4 Å². The molecular formula is C28H26N2O8S. The lowest BCUT2D eigenvalue weighted by atomic mass is 10.1. The Balaban J connectivity index is 1.56. The fourth-order valence-electron chi connectivity index (χ4n) is 4.37. The number of ketones is 1. The predicted octanol–water partition coefficient (Wildman–Crippen LogP) is 3.87. The highest BCUT2D eigenvalue weighted by Gasteiger charge is 2.27. The number of rotatable bonds is 9. The summed E-state index contributed by atoms with van der Waals surface area (Å²) in [4.78, 5) is 27.6. The number of pyridine rings is 1. The minimum absolute atomic E-state index is 0.00290. The molecule has 0 aliphatic carbocycles. The molecule has 0 spiro atoms. The minimum Gasteiger partial charge on any atom is -0.493 e. The molecule has 5 rings (SSSR count). The third-order valence-corrected chi connectivity index (χ3v) is 8.27. The first-order chi connectivity index (χ1) is 18.7. The molecule has 202 valence electrons. The fourth-order valence-corrected chi connectivity index (χ4v) is 5.77. The number of ether oxygens (including phenoxy) is 4. The summed E-state index contributed by atoms with van der Waals surface area (Å²) in [6.07, 6.45) is 0. The smallest absolute Gasteiger partial charge is 0.252 e. The average molecular weight is 551 g/mol. The second kappa shape index (κ2) is 10.4. The van der Waals surface area contributed by atoms with Gasteiger partial charge in [0.2, 0.25) is 16.8 Å². The number of methoxy groups -OCH3 is 2. The minimum atomic E-state index is -4.10. The number of hydrogen-bond acceptors (Lipinski definition) is 8. The van der Waals surface area contributed by atoms with E-state index in [0.717, 1.165) is 0 Å². The third kappa shape index (κ3) is 5.18. The Morgan fingerprint density at radius 2 is 1.62 bits per heavy atom. The molecule has 2 heterocycles. The topological polar surface area (TPSA) is 124 Å². The first-order valence-corrected chi connectivity index (χ1v) is 13.4. The molecule has 0 atom stereocenters. The van der Waals surface area contributed by atoms with Gasteiger partial charge in [-0.3, -0.25) is 9.59 Å². The number of Topliss-reactive ketones (excluding diaryl/α,β-unsaturated/α-hetero) is 1. The number of benzene rings is 3. The highest BCUT2D eigenvalue weighted by Crippen LogP contribution is 2.34. The molecule has 1 aliphatic heterocycles. The zero-order valence-electron chi connectivity index (χ0n) is 21.5. The summed E-state index contributed by atoms with van der Waals surface area (Å²) in [6, 6.07) is 15.9. The van der Waals surface area contributed by atoms with Crippen molar-refractivity contribution >= 4 is 26.7 Å². The molecule has 0 unspecified atom stereocenters. The lowest BCUT2D eigenvalue weighted by Crippen LogP contribution is -2.32. The van der Waals surface area contributed by atoms with Crippen LogP contribution < -0.4 is 24.5 Å². The van der Waals surface area contributed by atoms with E-state index in [2.05, 4.69) is 4.98 Å². The van der Waals surface area contributed by atoms with Crippen molar-refractivity contribution in [1.29, 1.82) is 0 Å². The van der Waals surface area contributed by atoms with E-state index < -0.39 is 15.6 Å². The van der Waals surface area contributed by atoms with Crippen LogP contribution in [0.15, 0.2) is 70.4 Å². The molecule has 10 nitrogen and oxygen atoms in total. The van der Waals surface area contributed by atoms with E-state index in [1.165, 1.54) is 49.7 Å². The molecule has 0 radical (unpaired) electrons. The Morgan fingerprint density at radius 1 is 0.923 bits per heavy atom. The molecule has 3 aromatic carbocycles. The predicted molar refractivity (Wildman–Crippen MR) is 143 cm³/mol. The number of aromatic nitrogens is 1. The molecule has 39 heavy (non-hydrogen) atoms. The molecule has 0 saturated heterocycles. The molecule has 1 aromatic heterocycles. The number of sulfonamides is 1. The van der Waals surface area contributed by atoms with Crippen LogP contribution in [0.25, 0.3) is 10.9 Å². The SMILES string of the molecule is COc1cc2cc(CN(Cc3ccc4c(c3)OCO4)S(=O)(=O)c3ccc(C(C)=O)cc3)c(=O)[nH]c2cc1OC. The van der Waals surface area contributed by atoms with E-state index in [-0.39, 0.29) is 36.1 Å². The average Bonchev–Trinajstić information content (AvgIpc) is 3.40. The standard InChI is InChI=1S/C28H26N2O8S/c1-17(31)19-5-7-22(8-6-19)39(33,34)30(14-18-4-9-24-27(10-18)38-16-37-24)15-21-11-20-12-25(35-2)26(36-3)13-23(20)29-28(21)32/h4-13H,14-16H2,1-3H3,(H,29,32). The van der Waals surface area contributed by atoms with E-state index in [9.17, 15) is 18.0 Å². The van der Waals surface area contributed by atoms with Crippen LogP contribution >= 0.6 is 0 Å². The quantitative estimate of drug-likeness (QED) is 0.312. The van der Waals surface area contributed by atoms with Gasteiger partial charge in [0.15, 0.2) is 28.8 Å². The van der Waals surface area contributed by atoms with Crippen LogP contribution in [-0.2, 0) is 23.1 Å². The van der Waals surface area contributed by atoms with Gasteiger partial charge in [0, 0.05) is 35.7 Å². The second-order valence-corrected chi connectivity index (χ2v) is 10.9. The van der Waals surface area contributed by atoms with Crippen molar-refractivity contribution in [3.8, 4) is 23.0 Å². The van der Waals surface area contributed by atoms with Gasteiger partial charge >= 0.3 is 0 Å². The maximum atomic E-state index is 13.9. The lowest BCUT2D eigenvalue weighted by Gasteiger charge is -2.23. The number of nitrogens with one attached hydrogen (secondary N) is 1. The van der Waals surface area contributed by atoms with Gasteiger partial charge in [-0.1, -0.05) is 18.2 Å². The Kier molecular flexibility index (Phi) is 7.02. The fraction of sp³-hybridized carbons (Fsp3) is 0.214. The van der Waals surface area contributed by atoms with Crippen molar-refractivity contribution in [2.75, 3.05) is 21.0 Å². The summed E-state index contributed by atoms with van der Waals surface area (Å²) in [6.45, 7) is 1.23. The summed E-state index contributed by atoms with van der Waals surface area (Å²) in [5.41, 5.74) is 1.36. The maximum absolute atomic E-state index is 13.9. The molecule has 0 saturated carbocycles. The van der Waals surface area contributed by atoms with Crippen molar-refractivity contribution < 1.29 is 32.2 Å². The van der Waals surface area contributed by atoms with Crippen molar-refractivity contribution in [2.24, 2.45) is 0 Å². The zero-order chi connectivity index (χ0) is 27.7. The summed E-state index contributed by atoms with van der Waals surface area (Å²) >= 11 is 0. The Labute approximate surface area is 224 Å². The molecule has 11 heteroatoms. The van der Waals surface area contributed by atoms with Gasteiger partial charge in [-0.15, -0.1) is 0 Å². The number of hydrogen-bond donors (Lipinski definition) is 1. The van der Waals surface area contributed by atoms with Crippen molar-refractivity contribution in [1.82, 2.24) is 9.29 Å². The van der Waals surface area contributed by atoms with Gasteiger partial charge in [-0.05, 0) is 48.9 Å². The molecule has 0 fully saturated rings. The van der Waals surface area contributed by atoms with Crippen LogP contribution in [0.2, 0.25) is 0 Å². The third-order valence-electron chi connectivity index (χ3n) is 6.47. The highest BCUT2D eigenvalue weighted by atomic mass is 32.2. The summed E-state index contributed by atoms with van der Waals surface area (Å²) < 4.78 is 50.4. The van der Waals surface area contributed by atoms with Crippen LogP contribution in [-0.4, -0.2) is 44.5 Å². The largest absolute Gasteiger partial charge is 0.493 e. The Morgan fingerprint density at radius 3 is 2.31 bits per heavy atom. The summed E-state index contributed by atoms with van der Waals surface area (Å²) in [5, 5.41) is 0.647. The number of H-pyrrole nitrogens is 1. The zero-order valence-corrected chi connectivity index (χ0v) is 22.3. The van der Waals surface area contributed by atoms with E-state index in [0.29, 0.717) is 45.0 Å². The number of nitrogens with zero attached hydrogens (tertiary/aromatic N) is 1. The Hall–Kier alpha value is -4.35. The van der Waals surface area contributed by atoms with Crippen LogP contribution in [0.5, 0.6) is 23.0 Å². The van der Waals surface area contributed by atoms with Crippen LogP contribution in [0.3, 0.4) is 0 Å². The molecule has 1 aliphatic rings. The second-order valence-electron chi connectivity index (χ2n) is 8.96. The van der Waals surface area contributed by atoms with Gasteiger partial charge in [0.25, 0.3) is 5.56 Å². The molecule has 1 N–H and O–H groups in total. The van der Waals surface area contributed by atoms with Gasteiger partial charge in [-0.25, -0.2) is 8.42 Å². The molecular weight excluding hydrogens is 524 g/mol. The number of carbonyl (C=O) groups excluding carboxylic acids is 1. The molecule has 0 amide bonds. The van der Waals surface area contributed by atoms with E-state index >= 15 is 0 Å². The number of fused-ring (bicyclic) bond motifs is 2. The molecule has 4 aromatic rings.